The SMILES string of the molecule is CC(C)C(=O)N1CCN(CCCCCCN2C(=S)N(c3ccc4c(c3)CCC4=O)C(=O)C2(C)C)CC1. The van der Waals surface area contributed by atoms with Gasteiger partial charge in [0.15, 0.2) is 10.9 Å². The van der Waals surface area contributed by atoms with Crippen molar-refractivity contribution in [3.63, 3.8) is 0 Å². The molecular formula is C28H40N4O3S. The van der Waals surface area contributed by atoms with E-state index in [2.05, 4.69) is 9.80 Å². The highest BCUT2D eigenvalue weighted by Crippen LogP contribution is 2.35. The average Bonchev–Trinajstić information content (AvgIpc) is 3.30. The molecule has 196 valence electrons. The zero-order valence-electron chi connectivity index (χ0n) is 22.2. The number of rotatable bonds is 9. The van der Waals surface area contributed by atoms with Gasteiger partial charge in [-0.25, -0.2) is 0 Å². The second-order valence-corrected chi connectivity index (χ2v) is 11.5. The number of piperazine rings is 1. The second kappa shape index (κ2) is 11.0. The lowest BCUT2D eigenvalue weighted by molar-refractivity contribution is -0.136. The predicted octanol–water partition coefficient (Wildman–Crippen LogP) is 3.89. The molecule has 0 aromatic heterocycles. The lowest BCUT2D eigenvalue weighted by Gasteiger charge is -2.35. The average molecular weight is 513 g/mol. The molecule has 0 saturated carbocycles. The third-order valence-corrected chi connectivity index (χ3v) is 8.28. The summed E-state index contributed by atoms with van der Waals surface area (Å²) < 4.78 is 0. The summed E-state index contributed by atoms with van der Waals surface area (Å²) in [4.78, 5) is 45.6. The minimum absolute atomic E-state index is 0.00753. The summed E-state index contributed by atoms with van der Waals surface area (Å²) in [6.45, 7) is 13.3. The first-order chi connectivity index (χ1) is 17.1. The minimum Gasteiger partial charge on any atom is -0.340 e. The van der Waals surface area contributed by atoms with Gasteiger partial charge in [-0.2, -0.15) is 0 Å². The fourth-order valence-electron chi connectivity index (χ4n) is 5.54. The minimum atomic E-state index is -0.682. The van der Waals surface area contributed by atoms with Crippen LogP contribution >= 0.6 is 12.2 Å². The number of hydrogen-bond acceptors (Lipinski definition) is 5. The molecule has 0 radical (unpaired) electrons. The number of hydrogen-bond donors (Lipinski definition) is 0. The van der Waals surface area contributed by atoms with Crippen LogP contribution in [0.2, 0.25) is 0 Å². The van der Waals surface area contributed by atoms with E-state index >= 15 is 0 Å². The van der Waals surface area contributed by atoms with Crippen LogP contribution in [0.3, 0.4) is 0 Å². The van der Waals surface area contributed by atoms with Crippen LogP contribution in [-0.2, 0) is 16.0 Å². The van der Waals surface area contributed by atoms with Gasteiger partial charge in [-0.1, -0.05) is 26.7 Å². The van der Waals surface area contributed by atoms with Crippen LogP contribution < -0.4 is 4.90 Å². The largest absolute Gasteiger partial charge is 0.340 e. The number of amides is 2. The summed E-state index contributed by atoms with van der Waals surface area (Å²) in [6, 6.07) is 5.65. The van der Waals surface area contributed by atoms with Gasteiger partial charge in [0.2, 0.25) is 5.91 Å². The second-order valence-electron chi connectivity index (χ2n) is 11.1. The van der Waals surface area contributed by atoms with Crippen LogP contribution in [0.4, 0.5) is 5.69 Å². The van der Waals surface area contributed by atoms with Gasteiger partial charge >= 0.3 is 0 Å². The highest BCUT2D eigenvalue weighted by molar-refractivity contribution is 7.80. The van der Waals surface area contributed by atoms with Gasteiger partial charge in [0.1, 0.15) is 5.54 Å². The molecule has 0 atom stereocenters. The molecule has 4 rings (SSSR count). The number of thiocarbonyl (C=S) groups is 1. The molecule has 1 aromatic carbocycles. The lowest BCUT2D eigenvalue weighted by Crippen LogP contribution is -2.49. The fourth-order valence-corrected chi connectivity index (χ4v) is 6.04. The Bertz CT molecular complexity index is 1030. The van der Waals surface area contributed by atoms with E-state index in [-0.39, 0.29) is 23.5 Å². The predicted molar refractivity (Wildman–Crippen MR) is 146 cm³/mol. The number of benzene rings is 1. The number of carbonyl (C=O) groups is 3. The van der Waals surface area contributed by atoms with Gasteiger partial charge in [0.25, 0.3) is 5.91 Å². The molecule has 1 aromatic rings. The first kappa shape index (κ1) is 26.7. The van der Waals surface area contributed by atoms with Crippen LogP contribution in [0, 0.1) is 5.92 Å². The number of nitrogens with zero attached hydrogens (tertiary/aromatic N) is 4. The maximum Gasteiger partial charge on any atom is 0.258 e. The maximum atomic E-state index is 13.3. The summed E-state index contributed by atoms with van der Waals surface area (Å²) in [7, 11) is 0. The highest BCUT2D eigenvalue weighted by Gasteiger charge is 2.49. The molecule has 3 aliphatic rings. The number of Topliss-reactive ketones (excluding diaryl/α,β-unsaturated/α-hetero) is 1. The van der Waals surface area contributed by atoms with E-state index < -0.39 is 5.54 Å². The summed E-state index contributed by atoms with van der Waals surface area (Å²) in [6.07, 6.45) is 5.64. The van der Waals surface area contributed by atoms with Crippen molar-refractivity contribution in [1.82, 2.24) is 14.7 Å². The van der Waals surface area contributed by atoms with Crippen LogP contribution in [0.15, 0.2) is 18.2 Å². The number of fused-ring (bicyclic) bond motifs is 1. The van der Waals surface area contributed by atoms with E-state index in [0.717, 1.165) is 88.2 Å². The smallest absolute Gasteiger partial charge is 0.258 e. The monoisotopic (exact) mass is 512 g/mol. The van der Waals surface area contributed by atoms with Crippen LogP contribution in [0.1, 0.15) is 75.7 Å². The molecule has 1 aliphatic carbocycles. The van der Waals surface area contributed by atoms with Gasteiger partial charge < -0.3 is 9.80 Å². The van der Waals surface area contributed by atoms with E-state index in [4.69, 9.17) is 12.2 Å². The normalized spacial score (nSPS) is 20.1. The Morgan fingerprint density at radius 2 is 1.64 bits per heavy atom. The summed E-state index contributed by atoms with van der Waals surface area (Å²) >= 11 is 5.78. The molecule has 8 heteroatoms. The molecule has 2 fully saturated rings. The molecule has 0 unspecified atom stereocenters. The van der Waals surface area contributed by atoms with Gasteiger partial charge in [0.05, 0.1) is 5.69 Å². The molecule has 0 bridgehead atoms. The number of unbranched alkanes of at least 4 members (excludes halogenated alkanes) is 3. The molecule has 7 nitrogen and oxygen atoms in total. The lowest BCUT2D eigenvalue weighted by atomic mass is 10.0. The van der Waals surface area contributed by atoms with Crippen molar-refractivity contribution in [3.8, 4) is 0 Å². The Hall–Kier alpha value is -2.32. The fraction of sp³-hybridized carbons (Fsp3) is 0.643. The Balaban J connectivity index is 1.22. The third-order valence-electron chi connectivity index (χ3n) is 7.88. The Morgan fingerprint density at radius 1 is 0.972 bits per heavy atom. The van der Waals surface area contributed by atoms with Gasteiger partial charge in [-0.3, -0.25) is 24.2 Å². The standard InChI is InChI=1S/C28H40N4O3S/c1-20(2)25(34)30-17-15-29(16-18-30)13-7-5-6-8-14-31-27(36)32(26(35)28(31,3)4)22-10-11-23-21(19-22)9-12-24(23)33/h10-11,19-20H,5-9,12-18H2,1-4H3. The third kappa shape index (κ3) is 5.35. The topological polar surface area (TPSA) is 64.2 Å². The van der Waals surface area contributed by atoms with Crippen molar-refractivity contribution in [2.24, 2.45) is 5.92 Å². The Morgan fingerprint density at radius 3 is 2.31 bits per heavy atom. The number of aryl methyl sites for hydroxylation is 1. The number of ketones is 1. The maximum absolute atomic E-state index is 13.3. The summed E-state index contributed by atoms with van der Waals surface area (Å²) in [5, 5.41) is 0.558. The zero-order chi connectivity index (χ0) is 26.0. The van der Waals surface area contributed by atoms with E-state index in [1.54, 1.807) is 4.90 Å². The number of carbonyl (C=O) groups excluding carboxylic acids is 3. The van der Waals surface area contributed by atoms with Gasteiger partial charge in [-0.15, -0.1) is 0 Å². The van der Waals surface area contributed by atoms with Crippen molar-refractivity contribution in [2.45, 2.75) is 71.8 Å². The van der Waals surface area contributed by atoms with E-state index in [1.165, 1.54) is 0 Å². The van der Waals surface area contributed by atoms with Crippen molar-refractivity contribution < 1.29 is 14.4 Å². The van der Waals surface area contributed by atoms with Crippen LogP contribution in [-0.4, -0.2) is 82.2 Å². The molecule has 2 aliphatic heterocycles. The highest BCUT2D eigenvalue weighted by atomic mass is 32.1. The van der Waals surface area contributed by atoms with E-state index in [9.17, 15) is 14.4 Å². The zero-order valence-corrected chi connectivity index (χ0v) is 23.0. The molecule has 2 saturated heterocycles. The quantitative estimate of drug-likeness (QED) is 0.370. The van der Waals surface area contributed by atoms with Crippen molar-refractivity contribution in [1.29, 1.82) is 0 Å². The van der Waals surface area contributed by atoms with Gasteiger partial charge in [0, 0.05) is 50.6 Å². The summed E-state index contributed by atoms with van der Waals surface area (Å²) in [5.74, 6) is 0.511. The first-order valence-electron chi connectivity index (χ1n) is 13.4. The molecular weight excluding hydrogens is 472 g/mol. The Labute approximate surface area is 220 Å². The van der Waals surface area contributed by atoms with E-state index in [1.807, 2.05) is 50.8 Å². The molecule has 0 N–H and O–H groups in total. The van der Waals surface area contributed by atoms with E-state index in [0.29, 0.717) is 11.5 Å². The van der Waals surface area contributed by atoms with Crippen LogP contribution in [0.5, 0.6) is 0 Å². The van der Waals surface area contributed by atoms with Gasteiger partial charge in [-0.05, 0) is 75.6 Å². The summed E-state index contributed by atoms with van der Waals surface area (Å²) in [5.41, 5.74) is 1.87. The molecule has 36 heavy (non-hydrogen) atoms. The Kier molecular flexibility index (Phi) is 8.15. The molecule has 2 heterocycles. The van der Waals surface area contributed by atoms with Crippen molar-refractivity contribution in [2.75, 3.05) is 44.2 Å². The molecule has 0 spiro atoms. The van der Waals surface area contributed by atoms with Crippen LogP contribution in [0.25, 0.3) is 0 Å². The first-order valence-corrected chi connectivity index (χ1v) is 13.9. The molecule has 2 amide bonds. The van der Waals surface area contributed by atoms with Crippen molar-refractivity contribution in [3.05, 3.63) is 29.3 Å². The van der Waals surface area contributed by atoms with Crippen molar-refractivity contribution >= 4 is 40.6 Å². The number of anilines is 1.